The number of hydrogen-bond donors (Lipinski definition) is 1. The third-order valence-electron chi connectivity index (χ3n) is 3.47. The van der Waals surface area contributed by atoms with Gasteiger partial charge in [-0.3, -0.25) is 10.1 Å². The molecule has 0 radical (unpaired) electrons. The number of nitro benzene ring substituents is 1. The normalized spacial score (nSPS) is 19.2. The van der Waals surface area contributed by atoms with Gasteiger partial charge in [-0.1, -0.05) is 0 Å². The maximum Gasteiger partial charge on any atom is 0.298 e. The monoisotopic (exact) mass is 262 g/mol. The van der Waals surface area contributed by atoms with Crippen LogP contribution in [0.25, 0.3) is 11.1 Å². The lowest BCUT2D eigenvalue weighted by molar-refractivity contribution is -0.384. The Kier molecular flexibility index (Phi) is 2.83. The third-order valence-corrected chi connectivity index (χ3v) is 3.47. The Bertz CT molecular complexity index is 624. The van der Waals surface area contributed by atoms with Crippen LogP contribution < -0.4 is 10.6 Å². The summed E-state index contributed by atoms with van der Waals surface area (Å²) in [6, 6.07) is 5.17. The Balaban J connectivity index is 1.99. The van der Waals surface area contributed by atoms with Gasteiger partial charge in [-0.2, -0.15) is 4.98 Å². The molecule has 0 bridgehead atoms. The third kappa shape index (κ3) is 2.01. The summed E-state index contributed by atoms with van der Waals surface area (Å²) in [5, 5.41) is 10.7. The summed E-state index contributed by atoms with van der Waals surface area (Å²) in [5.74, 6) is 0. The molecule has 7 nitrogen and oxygen atoms in total. The van der Waals surface area contributed by atoms with Crippen molar-refractivity contribution < 1.29 is 9.34 Å². The van der Waals surface area contributed by atoms with E-state index in [0.29, 0.717) is 23.7 Å². The van der Waals surface area contributed by atoms with Crippen LogP contribution >= 0.6 is 0 Å². The lowest BCUT2D eigenvalue weighted by Crippen LogP contribution is -2.35. The summed E-state index contributed by atoms with van der Waals surface area (Å²) in [6.45, 7) is 1.41. The highest BCUT2D eigenvalue weighted by Crippen LogP contribution is 2.29. The van der Waals surface area contributed by atoms with E-state index in [4.69, 9.17) is 10.2 Å². The standard InChI is InChI=1S/C12H14N4O3/c13-7-9-2-1-5-15(9)12-14-10-6-8(16(17)18)3-4-11(10)19-12/h3-4,6,9H,1-2,5,7,13H2/t9-/m1/s1. The van der Waals surface area contributed by atoms with E-state index in [1.165, 1.54) is 12.1 Å². The molecule has 1 aliphatic heterocycles. The first-order chi connectivity index (χ1) is 9.19. The average molecular weight is 262 g/mol. The van der Waals surface area contributed by atoms with Gasteiger partial charge in [0.1, 0.15) is 5.52 Å². The summed E-state index contributed by atoms with van der Waals surface area (Å²) < 4.78 is 5.66. The molecule has 0 unspecified atom stereocenters. The maximum atomic E-state index is 10.7. The quantitative estimate of drug-likeness (QED) is 0.667. The summed E-state index contributed by atoms with van der Waals surface area (Å²) in [6.07, 6.45) is 2.08. The number of nitrogens with two attached hydrogens (primary N) is 1. The molecule has 1 aromatic heterocycles. The van der Waals surface area contributed by atoms with E-state index < -0.39 is 4.92 Å². The average Bonchev–Trinajstić information content (AvgIpc) is 3.03. The van der Waals surface area contributed by atoms with Gasteiger partial charge < -0.3 is 15.1 Å². The first-order valence-electron chi connectivity index (χ1n) is 6.21. The molecule has 1 aromatic carbocycles. The van der Waals surface area contributed by atoms with Crippen LogP contribution in [0, 0.1) is 10.1 Å². The Hall–Kier alpha value is -2.15. The number of oxazole rings is 1. The molecule has 0 spiro atoms. The molecule has 1 aliphatic rings. The van der Waals surface area contributed by atoms with Crippen molar-refractivity contribution in [3.63, 3.8) is 0 Å². The molecule has 100 valence electrons. The lowest BCUT2D eigenvalue weighted by Gasteiger charge is -2.20. The number of anilines is 1. The van der Waals surface area contributed by atoms with Crippen LogP contribution in [0.15, 0.2) is 22.6 Å². The van der Waals surface area contributed by atoms with Crippen LogP contribution in [0.3, 0.4) is 0 Å². The van der Waals surface area contributed by atoms with E-state index in [0.717, 1.165) is 19.4 Å². The summed E-state index contributed by atoms with van der Waals surface area (Å²) in [5.41, 5.74) is 6.80. The fourth-order valence-electron chi connectivity index (χ4n) is 2.47. The zero-order valence-electron chi connectivity index (χ0n) is 10.3. The van der Waals surface area contributed by atoms with Crippen molar-refractivity contribution in [2.75, 3.05) is 18.0 Å². The Morgan fingerprint density at radius 2 is 2.42 bits per heavy atom. The molecule has 19 heavy (non-hydrogen) atoms. The highest BCUT2D eigenvalue weighted by atomic mass is 16.6. The van der Waals surface area contributed by atoms with Gasteiger partial charge in [-0.05, 0) is 18.9 Å². The summed E-state index contributed by atoms with van der Waals surface area (Å²) >= 11 is 0. The van der Waals surface area contributed by atoms with Gasteiger partial charge in [0.15, 0.2) is 5.58 Å². The van der Waals surface area contributed by atoms with Crippen LogP contribution in [-0.4, -0.2) is 29.0 Å². The van der Waals surface area contributed by atoms with E-state index in [1.807, 2.05) is 4.90 Å². The zero-order valence-corrected chi connectivity index (χ0v) is 10.3. The maximum absolute atomic E-state index is 10.7. The molecule has 0 aliphatic carbocycles. The molecule has 0 saturated carbocycles. The van der Waals surface area contributed by atoms with Crippen LogP contribution in [-0.2, 0) is 0 Å². The van der Waals surface area contributed by atoms with Crippen molar-refractivity contribution in [1.29, 1.82) is 0 Å². The van der Waals surface area contributed by atoms with Crippen molar-refractivity contribution in [2.24, 2.45) is 5.73 Å². The number of benzene rings is 1. The number of nitrogens with zero attached hydrogens (tertiary/aromatic N) is 3. The zero-order chi connectivity index (χ0) is 13.4. The van der Waals surface area contributed by atoms with Crippen molar-refractivity contribution in [3.8, 4) is 0 Å². The molecular formula is C12H14N4O3. The number of hydrogen-bond acceptors (Lipinski definition) is 6. The van der Waals surface area contributed by atoms with Gasteiger partial charge in [0.2, 0.25) is 0 Å². The largest absolute Gasteiger partial charge is 0.423 e. The van der Waals surface area contributed by atoms with E-state index in [-0.39, 0.29) is 11.7 Å². The minimum Gasteiger partial charge on any atom is -0.423 e. The topological polar surface area (TPSA) is 98.4 Å². The predicted octanol–water partition coefficient (Wildman–Crippen LogP) is 1.66. The summed E-state index contributed by atoms with van der Waals surface area (Å²) in [7, 11) is 0. The first-order valence-corrected chi connectivity index (χ1v) is 6.21. The smallest absolute Gasteiger partial charge is 0.298 e. The van der Waals surface area contributed by atoms with Crippen molar-refractivity contribution in [3.05, 3.63) is 28.3 Å². The molecule has 1 atom stereocenters. The van der Waals surface area contributed by atoms with Gasteiger partial charge in [0.25, 0.3) is 11.7 Å². The highest BCUT2D eigenvalue weighted by molar-refractivity contribution is 5.77. The van der Waals surface area contributed by atoms with Gasteiger partial charge >= 0.3 is 0 Å². The van der Waals surface area contributed by atoms with E-state index in [1.54, 1.807) is 6.07 Å². The van der Waals surface area contributed by atoms with Gasteiger partial charge in [0, 0.05) is 31.3 Å². The predicted molar refractivity (Wildman–Crippen MR) is 70.1 cm³/mol. The minimum absolute atomic E-state index is 0.0177. The van der Waals surface area contributed by atoms with Crippen molar-refractivity contribution >= 4 is 22.8 Å². The second-order valence-corrected chi connectivity index (χ2v) is 4.63. The first kappa shape index (κ1) is 11.9. The van der Waals surface area contributed by atoms with Gasteiger partial charge in [-0.15, -0.1) is 0 Å². The van der Waals surface area contributed by atoms with Crippen molar-refractivity contribution in [2.45, 2.75) is 18.9 Å². The highest BCUT2D eigenvalue weighted by Gasteiger charge is 2.27. The molecular weight excluding hydrogens is 248 g/mol. The Morgan fingerprint density at radius 1 is 1.58 bits per heavy atom. The van der Waals surface area contributed by atoms with Crippen LogP contribution in [0.1, 0.15) is 12.8 Å². The number of nitro groups is 1. The Labute approximate surface area is 109 Å². The van der Waals surface area contributed by atoms with Crippen molar-refractivity contribution in [1.82, 2.24) is 4.98 Å². The fraction of sp³-hybridized carbons (Fsp3) is 0.417. The molecule has 2 heterocycles. The molecule has 2 aromatic rings. The molecule has 7 heteroatoms. The van der Waals surface area contributed by atoms with E-state index in [9.17, 15) is 10.1 Å². The number of rotatable bonds is 3. The fourth-order valence-corrected chi connectivity index (χ4v) is 2.47. The molecule has 0 amide bonds. The van der Waals surface area contributed by atoms with Gasteiger partial charge in [0.05, 0.1) is 4.92 Å². The van der Waals surface area contributed by atoms with Crippen LogP contribution in [0.2, 0.25) is 0 Å². The van der Waals surface area contributed by atoms with Crippen LogP contribution in [0.5, 0.6) is 0 Å². The molecule has 2 N–H and O–H groups in total. The Morgan fingerprint density at radius 3 is 3.16 bits per heavy atom. The number of non-ortho nitro benzene ring substituents is 1. The lowest BCUT2D eigenvalue weighted by atomic mass is 10.2. The second kappa shape index (κ2) is 4.51. The minimum atomic E-state index is -0.438. The van der Waals surface area contributed by atoms with E-state index >= 15 is 0 Å². The number of fused-ring (bicyclic) bond motifs is 1. The van der Waals surface area contributed by atoms with Crippen LogP contribution in [0.4, 0.5) is 11.7 Å². The van der Waals surface area contributed by atoms with E-state index in [2.05, 4.69) is 4.98 Å². The summed E-state index contributed by atoms with van der Waals surface area (Å²) in [4.78, 5) is 16.7. The SMILES string of the molecule is NC[C@H]1CCCN1c1nc2cc([N+](=O)[O-])ccc2o1. The molecule has 1 fully saturated rings. The molecule has 1 saturated heterocycles. The second-order valence-electron chi connectivity index (χ2n) is 4.63. The molecule has 3 rings (SSSR count). The number of aromatic nitrogens is 1. The van der Waals surface area contributed by atoms with Gasteiger partial charge in [-0.25, -0.2) is 0 Å².